The summed E-state index contributed by atoms with van der Waals surface area (Å²) in [6.45, 7) is 0. The van der Waals surface area contributed by atoms with E-state index in [1.54, 1.807) is 19.2 Å². The first-order valence-electron chi connectivity index (χ1n) is 9.14. The van der Waals surface area contributed by atoms with Crippen LogP contribution in [-0.4, -0.2) is 22.5 Å². The van der Waals surface area contributed by atoms with E-state index in [9.17, 15) is 4.57 Å². The van der Waals surface area contributed by atoms with E-state index in [4.69, 9.17) is 24.3 Å². The molecule has 1 spiro atoms. The summed E-state index contributed by atoms with van der Waals surface area (Å²) in [5.41, 5.74) is 0.317. The molecule has 0 amide bonds. The zero-order valence-electron chi connectivity index (χ0n) is 14.5. The Morgan fingerprint density at radius 1 is 1.00 bits per heavy atom. The molecular formula is C18H23O7P. The molecule has 1 atom stereocenters. The molecule has 1 saturated heterocycles. The summed E-state index contributed by atoms with van der Waals surface area (Å²) in [5.74, 6) is 1.54. The Hall–Kier alpha value is -0.950. The summed E-state index contributed by atoms with van der Waals surface area (Å²) in [6.07, 6.45) is 5.96. The molecule has 0 radical (unpaired) electrons. The molecule has 4 bridgehead atoms. The van der Waals surface area contributed by atoms with Gasteiger partial charge in [-0.25, -0.2) is 9.45 Å². The second kappa shape index (κ2) is 5.53. The third kappa shape index (κ3) is 2.22. The first-order valence-corrected chi connectivity index (χ1v) is 10.7. The molecule has 1 aromatic rings. The summed E-state index contributed by atoms with van der Waals surface area (Å²) in [5, 5.41) is 0. The van der Waals surface area contributed by atoms with Crippen molar-refractivity contribution < 1.29 is 33.4 Å². The van der Waals surface area contributed by atoms with Crippen molar-refractivity contribution in [3.05, 3.63) is 29.8 Å². The van der Waals surface area contributed by atoms with E-state index in [1.165, 1.54) is 18.6 Å². The van der Waals surface area contributed by atoms with Gasteiger partial charge in [0, 0.05) is 12.7 Å². The maximum Gasteiger partial charge on any atom is 0.524 e. The van der Waals surface area contributed by atoms with Gasteiger partial charge in [-0.3, -0.25) is 9.79 Å². The van der Waals surface area contributed by atoms with Crippen molar-refractivity contribution in [2.45, 2.75) is 43.5 Å². The van der Waals surface area contributed by atoms with Gasteiger partial charge in [0.2, 0.25) is 0 Å². The number of phosphoric ester groups is 1. The van der Waals surface area contributed by atoms with Crippen LogP contribution in [0.3, 0.4) is 0 Å². The summed E-state index contributed by atoms with van der Waals surface area (Å²) >= 11 is 0. The van der Waals surface area contributed by atoms with Crippen molar-refractivity contribution in [1.29, 1.82) is 0 Å². The zero-order chi connectivity index (χ0) is 18.2. The largest absolute Gasteiger partial charge is 0.524 e. The Morgan fingerprint density at radius 3 is 2.00 bits per heavy atom. The molecule has 2 N–H and O–H groups in total. The Morgan fingerprint density at radius 2 is 1.58 bits per heavy atom. The molecule has 1 unspecified atom stereocenters. The van der Waals surface area contributed by atoms with Crippen LogP contribution in [0.25, 0.3) is 0 Å². The van der Waals surface area contributed by atoms with Gasteiger partial charge < -0.3 is 9.26 Å². The molecule has 0 aromatic heterocycles. The summed E-state index contributed by atoms with van der Waals surface area (Å²) in [4.78, 5) is 29.5. The Balaban J connectivity index is 1.50. The molecule has 26 heavy (non-hydrogen) atoms. The number of ether oxygens (including phenoxy) is 1. The fourth-order valence-corrected chi connectivity index (χ4v) is 6.63. The van der Waals surface area contributed by atoms with Crippen LogP contribution in [0.1, 0.15) is 37.7 Å². The van der Waals surface area contributed by atoms with Gasteiger partial charge in [-0.15, -0.1) is 0 Å². The summed E-state index contributed by atoms with van der Waals surface area (Å²) in [7, 11) is -2.95. The predicted octanol–water partition coefficient (Wildman–Crippen LogP) is 3.11. The minimum absolute atomic E-state index is 0.104. The topological polar surface area (TPSA) is 94.5 Å². The van der Waals surface area contributed by atoms with E-state index < -0.39 is 19.2 Å². The molecule has 1 heterocycles. The van der Waals surface area contributed by atoms with Crippen LogP contribution in [0.4, 0.5) is 0 Å². The molecule has 8 heteroatoms. The molecule has 7 nitrogen and oxygen atoms in total. The van der Waals surface area contributed by atoms with Crippen molar-refractivity contribution in [3.8, 4) is 5.75 Å². The lowest BCUT2D eigenvalue weighted by molar-refractivity contribution is -0.645. The number of rotatable bonds is 4. The Kier molecular flexibility index (Phi) is 3.65. The van der Waals surface area contributed by atoms with Gasteiger partial charge in [0.05, 0.1) is 0 Å². The number of phosphoric acid groups is 1. The first kappa shape index (κ1) is 17.2. The van der Waals surface area contributed by atoms with E-state index in [0.717, 1.165) is 43.1 Å². The predicted molar refractivity (Wildman–Crippen MR) is 89.7 cm³/mol. The van der Waals surface area contributed by atoms with Crippen LogP contribution < -0.4 is 4.52 Å². The molecule has 4 aliphatic carbocycles. The van der Waals surface area contributed by atoms with E-state index in [2.05, 4.69) is 4.52 Å². The SMILES string of the molecule is COC1(c2ccc(OP(=O)(O)O)cc2)OOC12C1CC3CC(C1)CC2C3. The molecule has 1 aromatic carbocycles. The highest BCUT2D eigenvalue weighted by molar-refractivity contribution is 7.46. The number of benzene rings is 1. The van der Waals surface area contributed by atoms with Crippen LogP contribution in [0.5, 0.6) is 5.75 Å². The minimum Gasteiger partial charge on any atom is -0.404 e. The number of hydrogen-bond donors (Lipinski definition) is 2. The third-order valence-electron chi connectivity index (χ3n) is 6.91. The van der Waals surface area contributed by atoms with Gasteiger partial charge in [-0.1, -0.05) is 0 Å². The highest BCUT2D eigenvalue weighted by atomic mass is 31.2. The average Bonchev–Trinajstić information content (AvgIpc) is 2.54. The molecule has 5 fully saturated rings. The maximum atomic E-state index is 11.0. The first-order chi connectivity index (χ1) is 12.4. The van der Waals surface area contributed by atoms with Crippen molar-refractivity contribution in [2.75, 3.05) is 7.11 Å². The smallest absolute Gasteiger partial charge is 0.404 e. The van der Waals surface area contributed by atoms with Crippen molar-refractivity contribution in [3.63, 3.8) is 0 Å². The molecule has 6 rings (SSSR count). The van der Waals surface area contributed by atoms with E-state index in [1.807, 2.05) is 0 Å². The second-order valence-corrected chi connectivity index (χ2v) is 9.35. The van der Waals surface area contributed by atoms with Crippen LogP contribution in [-0.2, 0) is 24.9 Å². The molecule has 4 saturated carbocycles. The van der Waals surface area contributed by atoms with Gasteiger partial charge in [0.15, 0.2) is 5.60 Å². The lowest BCUT2D eigenvalue weighted by Crippen LogP contribution is -2.76. The van der Waals surface area contributed by atoms with Gasteiger partial charge in [0.25, 0.3) is 5.79 Å². The van der Waals surface area contributed by atoms with Crippen LogP contribution >= 0.6 is 7.82 Å². The highest BCUT2D eigenvalue weighted by Crippen LogP contribution is 2.69. The number of hydrogen-bond acceptors (Lipinski definition) is 5. The normalized spacial score (nSPS) is 43.5. The lowest BCUT2D eigenvalue weighted by atomic mass is 9.47. The van der Waals surface area contributed by atoms with E-state index in [-0.39, 0.29) is 5.75 Å². The van der Waals surface area contributed by atoms with Crippen molar-refractivity contribution in [1.82, 2.24) is 0 Å². The zero-order valence-corrected chi connectivity index (χ0v) is 15.4. The number of methoxy groups -OCH3 is 1. The standard InChI is InChI=1S/C18H23O7P/c1-22-18(13-2-4-16(5-3-13)23-26(19,20)21)17(24-25-18)14-7-11-6-12(9-14)10-15(17)8-11/h2-5,11-12,14-15H,6-10H2,1H3,(H2,19,20,21). The van der Waals surface area contributed by atoms with Gasteiger partial charge in [-0.05, 0) is 80.0 Å². The van der Waals surface area contributed by atoms with Gasteiger partial charge in [-0.2, -0.15) is 4.89 Å². The van der Waals surface area contributed by atoms with E-state index in [0.29, 0.717) is 11.8 Å². The Bertz CT molecular complexity index is 725. The fraction of sp³-hybridized carbons (Fsp3) is 0.667. The highest BCUT2D eigenvalue weighted by Gasteiger charge is 2.76. The van der Waals surface area contributed by atoms with Crippen molar-refractivity contribution >= 4 is 7.82 Å². The fourth-order valence-electron chi connectivity index (χ4n) is 6.23. The van der Waals surface area contributed by atoms with Crippen molar-refractivity contribution in [2.24, 2.45) is 23.7 Å². The Labute approximate surface area is 151 Å². The molecule has 1 aliphatic heterocycles. The molecule has 5 aliphatic rings. The summed E-state index contributed by atoms with van der Waals surface area (Å²) < 4.78 is 21.6. The minimum atomic E-state index is -4.58. The van der Waals surface area contributed by atoms with Crippen LogP contribution in [0.15, 0.2) is 24.3 Å². The van der Waals surface area contributed by atoms with Gasteiger partial charge in [0.1, 0.15) is 5.75 Å². The quantitative estimate of drug-likeness (QED) is 0.610. The van der Waals surface area contributed by atoms with E-state index >= 15 is 0 Å². The molecule has 142 valence electrons. The van der Waals surface area contributed by atoms with Crippen LogP contribution in [0, 0.1) is 23.7 Å². The van der Waals surface area contributed by atoms with Crippen LogP contribution in [0.2, 0.25) is 0 Å². The van der Waals surface area contributed by atoms with Gasteiger partial charge >= 0.3 is 7.82 Å². The third-order valence-corrected chi connectivity index (χ3v) is 7.36. The average molecular weight is 382 g/mol. The second-order valence-electron chi connectivity index (χ2n) is 8.19. The lowest BCUT2D eigenvalue weighted by Gasteiger charge is -2.68. The maximum absolute atomic E-state index is 11.0. The molecular weight excluding hydrogens is 359 g/mol. The monoisotopic (exact) mass is 382 g/mol. The summed E-state index contributed by atoms with van der Waals surface area (Å²) in [6, 6.07) is 6.54.